The molecule has 0 aromatic heterocycles. The lowest BCUT2D eigenvalue weighted by Crippen LogP contribution is -2.47. The largest absolute Gasteiger partial charge is 0.486 e. The molecule has 11 heteroatoms. The van der Waals surface area contributed by atoms with Crippen LogP contribution in [0.3, 0.4) is 0 Å². The third-order valence-corrected chi connectivity index (χ3v) is 6.98. The summed E-state index contributed by atoms with van der Waals surface area (Å²) < 4.78 is 51.6. The molecule has 1 atom stereocenters. The van der Waals surface area contributed by atoms with Gasteiger partial charge in [0.1, 0.15) is 25.1 Å². The van der Waals surface area contributed by atoms with Crippen LogP contribution in [0.25, 0.3) is 0 Å². The monoisotopic (exact) mass is 521 g/mol. The molecule has 9 nitrogen and oxygen atoms in total. The Balaban J connectivity index is 1.74. The van der Waals surface area contributed by atoms with E-state index in [1.165, 1.54) is 15.3 Å². The molecule has 0 saturated heterocycles. The zero-order valence-corrected chi connectivity index (χ0v) is 21.5. The van der Waals surface area contributed by atoms with Crippen molar-refractivity contribution in [1.82, 2.24) is 10.2 Å². The molecule has 2 aromatic carbocycles. The van der Waals surface area contributed by atoms with Crippen LogP contribution in [-0.4, -0.2) is 63.7 Å². The average Bonchev–Trinajstić information content (AvgIpc) is 2.84. The van der Waals surface area contributed by atoms with E-state index in [2.05, 4.69) is 5.32 Å². The van der Waals surface area contributed by atoms with Gasteiger partial charge in [-0.2, -0.15) is 0 Å². The van der Waals surface area contributed by atoms with E-state index in [1.807, 2.05) is 0 Å². The molecular weight excluding hydrogens is 489 g/mol. The third kappa shape index (κ3) is 6.87. The highest BCUT2D eigenvalue weighted by atomic mass is 32.2. The molecule has 0 fully saturated rings. The molecule has 3 rings (SSSR count). The summed E-state index contributed by atoms with van der Waals surface area (Å²) in [6.07, 6.45) is 1.25. The highest BCUT2D eigenvalue weighted by Crippen LogP contribution is 2.34. The lowest BCUT2D eigenvalue weighted by molar-refractivity contribution is -0.140. The number of hydrogen-bond donors (Lipinski definition) is 1. The molecule has 0 bridgehead atoms. The van der Waals surface area contributed by atoms with Crippen LogP contribution in [0.5, 0.6) is 11.5 Å². The first-order valence-corrected chi connectivity index (χ1v) is 13.6. The van der Waals surface area contributed by atoms with Gasteiger partial charge in [0.05, 0.1) is 11.9 Å². The van der Waals surface area contributed by atoms with Gasteiger partial charge in [0.2, 0.25) is 21.8 Å². The fourth-order valence-corrected chi connectivity index (χ4v) is 4.86. The number of hydrogen-bond acceptors (Lipinski definition) is 6. The van der Waals surface area contributed by atoms with Crippen molar-refractivity contribution in [3.05, 3.63) is 53.8 Å². The number of fused-ring (bicyclic) bond motifs is 1. The topological polar surface area (TPSA) is 105 Å². The van der Waals surface area contributed by atoms with Crippen LogP contribution in [0.4, 0.5) is 10.1 Å². The van der Waals surface area contributed by atoms with Gasteiger partial charge in [-0.1, -0.05) is 18.2 Å². The maximum Gasteiger partial charge on any atom is 0.242 e. The van der Waals surface area contributed by atoms with Gasteiger partial charge in [-0.3, -0.25) is 13.9 Å². The summed E-state index contributed by atoms with van der Waals surface area (Å²) in [5.41, 5.74) is 0.684. The van der Waals surface area contributed by atoms with E-state index in [4.69, 9.17) is 9.47 Å². The highest BCUT2D eigenvalue weighted by Gasteiger charge is 2.27. The predicted octanol–water partition coefficient (Wildman–Crippen LogP) is 2.70. The zero-order valence-electron chi connectivity index (χ0n) is 20.7. The van der Waals surface area contributed by atoms with E-state index in [1.54, 1.807) is 50.2 Å². The standard InChI is InChI=1S/C25H32FN3O6S/c1-4-27-25(31)18(2)28(17-19-8-5-6-9-21(19)26)24(30)10-7-13-29(36(3,32)33)20-11-12-22-23(16-20)35-15-14-34-22/h5-6,8-9,11-12,16,18H,4,7,10,13-15,17H2,1-3H3,(H,27,31)/t18-/m1/s1. The minimum absolute atomic E-state index is 0.0330. The van der Waals surface area contributed by atoms with E-state index in [9.17, 15) is 22.4 Å². The van der Waals surface area contributed by atoms with E-state index < -0.39 is 21.9 Å². The smallest absolute Gasteiger partial charge is 0.242 e. The normalized spacial score (nSPS) is 13.6. The van der Waals surface area contributed by atoms with E-state index in [-0.39, 0.29) is 43.3 Å². The Labute approximate surface area is 211 Å². The summed E-state index contributed by atoms with van der Waals surface area (Å²) in [6.45, 7) is 4.49. The number of likely N-dealkylation sites (N-methyl/N-ethyl adjacent to an activating group) is 1. The lowest BCUT2D eigenvalue weighted by atomic mass is 10.1. The maximum absolute atomic E-state index is 14.3. The number of carbonyl (C=O) groups excluding carboxylic acids is 2. The van der Waals surface area contributed by atoms with Crippen molar-refractivity contribution in [2.75, 3.05) is 36.9 Å². The molecule has 0 saturated carbocycles. The Morgan fingerprint density at radius 2 is 1.81 bits per heavy atom. The second kappa shape index (κ2) is 12.1. The van der Waals surface area contributed by atoms with Crippen molar-refractivity contribution in [2.45, 2.75) is 39.3 Å². The SMILES string of the molecule is CCNC(=O)[C@@H](C)N(Cc1ccccc1F)C(=O)CCCN(c1ccc2c(c1)OCCO2)S(C)(=O)=O. The second-order valence-corrected chi connectivity index (χ2v) is 10.4. The van der Waals surface area contributed by atoms with Gasteiger partial charge in [-0.15, -0.1) is 0 Å². The summed E-state index contributed by atoms with van der Waals surface area (Å²) in [7, 11) is -3.66. The summed E-state index contributed by atoms with van der Waals surface area (Å²) >= 11 is 0. The van der Waals surface area contributed by atoms with Crippen molar-refractivity contribution in [3.8, 4) is 11.5 Å². The molecule has 0 radical (unpaired) electrons. The van der Waals surface area contributed by atoms with Crippen LogP contribution in [0.1, 0.15) is 32.3 Å². The molecule has 1 aliphatic rings. The first-order valence-electron chi connectivity index (χ1n) is 11.8. The maximum atomic E-state index is 14.3. The Morgan fingerprint density at radius 1 is 1.11 bits per heavy atom. The number of halogens is 1. The molecule has 196 valence electrons. The Kier molecular flexibility index (Phi) is 9.14. The molecule has 36 heavy (non-hydrogen) atoms. The molecule has 0 aliphatic carbocycles. The number of amides is 2. The Bertz CT molecular complexity index is 1190. The van der Waals surface area contributed by atoms with Crippen molar-refractivity contribution in [3.63, 3.8) is 0 Å². The number of ether oxygens (including phenoxy) is 2. The summed E-state index contributed by atoms with van der Waals surface area (Å²) in [5, 5.41) is 2.69. The summed E-state index contributed by atoms with van der Waals surface area (Å²) in [6, 6.07) is 10.1. The minimum Gasteiger partial charge on any atom is -0.486 e. The van der Waals surface area contributed by atoms with Crippen molar-refractivity contribution in [2.24, 2.45) is 0 Å². The number of carbonyl (C=O) groups is 2. The van der Waals surface area contributed by atoms with Crippen LogP contribution in [0, 0.1) is 5.82 Å². The molecule has 1 heterocycles. The predicted molar refractivity (Wildman–Crippen MR) is 134 cm³/mol. The van der Waals surface area contributed by atoms with Gasteiger partial charge in [-0.25, -0.2) is 12.8 Å². The number of benzene rings is 2. The van der Waals surface area contributed by atoms with Crippen LogP contribution in [0.15, 0.2) is 42.5 Å². The quantitative estimate of drug-likeness (QED) is 0.488. The lowest BCUT2D eigenvalue weighted by Gasteiger charge is -2.29. The van der Waals surface area contributed by atoms with Crippen molar-refractivity contribution < 1.29 is 31.9 Å². The van der Waals surface area contributed by atoms with Gasteiger partial charge in [0.15, 0.2) is 11.5 Å². The fourth-order valence-electron chi connectivity index (χ4n) is 3.91. The summed E-state index contributed by atoms with van der Waals surface area (Å²) in [4.78, 5) is 27.0. The molecule has 0 unspecified atom stereocenters. The van der Waals surface area contributed by atoms with Crippen molar-refractivity contribution in [1.29, 1.82) is 0 Å². The number of nitrogens with one attached hydrogen (secondary N) is 1. The van der Waals surface area contributed by atoms with E-state index >= 15 is 0 Å². The molecule has 2 amide bonds. The number of rotatable bonds is 11. The third-order valence-electron chi connectivity index (χ3n) is 5.78. The van der Waals surface area contributed by atoms with Gasteiger partial charge >= 0.3 is 0 Å². The summed E-state index contributed by atoms with van der Waals surface area (Å²) in [5.74, 6) is -0.212. The van der Waals surface area contributed by atoms with E-state index in [0.29, 0.717) is 36.9 Å². The molecule has 1 N–H and O–H groups in total. The minimum atomic E-state index is -3.66. The number of sulfonamides is 1. The second-order valence-electron chi connectivity index (χ2n) is 8.45. The van der Waals surface area contributed by atoms with Gasteiger partial charge in [0.25, 0.3) is 0 Å². The highest BCUT2D eigenvalue weighted by molar-refractivity contribution is 7.92. The van der Waals surface area contributed by atoms with Crippen LogP contribution < -0.4 is 19.1 Å². The Morgan fingerprint density at radius 3 is 2.47 bits per heavy atom. The van der Waals surface area contributed by atoms with E-state index in [0.717, 1.165) is 6.26 Å². The Hall–Kier alpha value is -3.34. The van der Waals surface area contributed by atoms with Gasteiger partial charge in [0, 0.05) is 37.7 Å². The van der Waals surface area contributed by atoms with Crippen LogP contribution >= 0.6 is 0 Å². The number of anilines is 1. The van der Waals surface area contributed by atoms with Crippen LogP contribution in [-0.2, 0) is 26.2 Å². The fraction of sp³-hybridized carbons (Fsp3) is 0.440. The zero-order chi connectivity index (χ0) is 26.3. The number of nitrogens with zero attached hydrogens (tertiary/aromatic N) is 2. The molecule has 2 aromatic rings. The van der Waals surface area contributed by atoms with Crippen LogP contribution in [0.2, 0.25) is 0 Å². The molecule has 0 spiro atoms. The molecular formula is C25H32FN3O6S. The first-order chi connectivity index (χ1) is 17.1. The first kappa shape index (κ1) is 27.3. The van der Waals surface area contributed by atoms with Crippen molar-refractivity contribution >= 4 is 27.5 Å². The van der Waals surface area contributed by atoms with Gasteiger partial charge in [-0.05, 0) is 38.5 Å². The molecule has 1 aliphatic heterocycles. The average molecular weight is 522 g/mol. The van der Waals surface area contributed by atoms with Gasteiger partial charge < -0.3 is 19.7 Å².